The highest BCUT2D eigenvalue weighted by Gasteiger charge is 2.63. The molecule has 3 fully saturated rings. The number of ether oxygens (including phenoxy) is 5. The van der Waals surface area contributed by atoms with Crippen molar-refractivity contribution >= 4 is 44.6 Å². The van der Waals surface area contributed by atoms with E-state index in [1.165, 1.54) is 26.0 Å². The van der Waals surface area contributed by atoms with Gasteiger partial charge in [0.2, 0.25) is 27.7 Å². The number of fused-ring (bicyclic) bond motifs is 3. The number of alkyl carbamates (subject to hydrolysis) is 1. The molecule has 8 atom stereocenters. The molecule has 20 heteroatoms. The maximum absolute atomic E-state index is 15.0. The summed E-state index contributed by atoms with van der Waals surface area (Å²) >= 11 is 0. The Labute approximate surface area is 394 Å². The van der Waals surface area contributed by atoms with Crippen molar-refractivity contribution in [3.8, 4) is 34.4 Å². The average Bonchev–Trinajstić information content (AvgIpc) is 4.16. The molecule has 3 N–H and O–H groups in total. The van der Waals surface area contributed by atoms with Gasteiger partial charge < -0.3 is 39.2 Å². The molecule has 2 aromatic carbocycles. The molecule has 0 radical (unpaired) electrons. The zero-order valence-electron chi connectivity index (χ0n) is 39.4. The number of nitrogens with zero attached hydrogens (tertiary/aromatic N) is 2. The number of aromatic nitrogens is 1. The summed E-state index contributed by atoms with van der Waals surface area (Å²) in [5.74, 6) is -2.22. The molecule has 68 heavy (non-hydrogen) atoms. The highest BCUT2D eigenvalue weighted by atomic mass is 32.2. The van der Waals surface area contributed by atoms with Crippen LogP contribution in [0.25, 0.3) is 22.0 Å². The van der Waals surface area contributed by atoms with E-state index in [2.05, 4.69) is 20.1 Å². The second kappa shape index (κ2) is 19.3. The zero-order valence-corrected chi connectivity index (χ0v) is 40.2. The number of carbonyl (C=O) groups excluding carboxylic acids is 4. The van der Waals surface area contributed by atoms with Crippen LogP contribution in [0.3, 0.4) is 0 Å². The van der Waals surface area contributed by atoms with Crippen molar-refractivity contribution in [3.63, 3.8) is 0 Å². The lowest BCUT2D eigenvalue weighted by molar-refractivity contribution is -0.197. The number of benzene rings is 2. The number of sulfonamides is 1. The first-order valence-electron chi connectivity index (χ1n) is 22.9. The lowest BCUT2D eigenvalue weighted by atomic mass is 9.88. The molecule has 2 saturated carbocycles. The van der Waals surface area contributed by atoms with Gasteiger partial charge in [0, 0.05) is 28.7 Å². The Bertz CT molecular complexity index is 2550. The largest absolute Gasteiger partial charge is 0.497 e. The number of nitrogens with one attached hydrogen (secondary N) is 3. The van der Waals surface area contributed by atoms with E-state index in [0.717, 1.165) is 0 Å². The quantitative estimate of drug-likeness (QED) is 0.158. The Hall–Kier alpha value is -5.79. The van der Waals surface area contributed by atoms with Crippen molar-refractivity contribution in [1.82, 2.24) is 25.2 Å². The lowest BCUT2D eigenvalue weighted by Crippen LogP contribution is -2.59. The van der Waals surface area contributed by atoms with Gasteiger partial charge in [-0.05, 0) is 121 Å². The van der Waals surface area contributed by atoms with Gasteiger partial charge in [-0.25, -0.2) is 18.2 Å². The van der Waals surface area contributed by atoms with Crippen LogP contribution in [0.4, 0.5) is 18.0 Å². The van der Waals surface area contributed by atoms with Gasteiger partial charge >= 0.3 is 12.3 Å². The number of rotatable bonds is 12. The van der Waals surface area contributed by atoms with Crippen LogP contribution in [0.2, 0.25) is 0 Å². The summed E-state index contributed by atoms with van der Waals surface area (Å²) in [5.41, 5.74) is -0.666. The summed E-state index contributed by atoms with van der Waals surface area (Å²) in [7, 11) is -1.10. The predicted molar refractivity (Wildman–Crippen MR) is 245 cm³/mol. The van der Waals surface area contributed by atoms with Gasteiger partial charge in [-0.15, -0.1) is 0 Å². The molecule has 370 valence electrons. The lowest BCUT2D eigenvalue weighted by Gasteiger charge is -2.33. The minimum Gasteiger partial charge on any atom is -0.497 e. The molecule has 0 spiro atoms. The fraction of sp³-hybridized carbons (Fsp3) is 0.562. The van der Waals surface area contributed by atoms with Crippen LogP contribution < -0.4 is 34.3 Å². The minimum atomic E-state index is -4.88. The number of halogens is 3. The Morgan fingerprint density at radius 1 is 0.971 bits per heavy atom. The van der Waals surface area contributed by atoms with Gasteiger partial charge in [-0.2, -0.15) is 13.2 Å². The fourth-order valence-corrected chi connectivity index (χ4v) is 10.3. The van der Waals surface area contributed by atoms with E-state index in [-0.39, 0.29) is 37.3 Å². The average molecular weight is 972 g/mol. The molecule has 16 nitrogen and oxygen atoms in total. The molecule has 1 aromatic heterocycles. The molecule has 1 saturated heterocycles. The number of amides is 4. The SMILES string of the molecule is COc1ccc2c(O[C@@H]3C[C@H]4C(=O)N[C@]5(C(=O)NS(=O)(=O)C6(C)CC6)C[C@H]5/C=C\CC[C@H](C)C[C@@H](C)[C@H](NC(=O)O[C@H](C)C(F)(F)F)C(=O)N4C3)nc(-c3ccc(OC(C)C)cc3)c(OC)c2c1. The van der Waals surface area contributed by atoms with E-state index in [9.17, 15) is 36.0 Å². The second-order valence-corrected chi connectivity index (χ2v) is 21.3. The number of methoxy groups -OCH3 is 2. The summed E-state index contributed by atoms with van der Waals surface area (Å²) in [5, 5.41) is 6.26. The van der Waals surface area contributed by atoms with E-state index >= 15 is 4.79 Å². The molecule has 4 amide bonds. The first kappa shape index (κ1) is 50.1. The molecule has 3 heterocycles. The number of alkyl halides is 3. The third kappa shape index (κ3) is 10.6. The minimum absolute atomic E-state index is 0.0647. The Morgan fingerprint density at radius 2 is 1.66 bits per heavy atom. The van der Waals surface area contributed by atoms with Crippen LogP contribution >= 0.6 is 0 Å². The van der Waals surface area contributed by atoms with E-state index in [1.807, 2.05) is 39.0 Å². The number of pyridine rings is 1. The zero-order chi connectivity index (χ0) is 49.5. The van der Waals surface area contributed by atoms with Crippen molar-refractivity contribution in [1.29, 1.82) is 0 Å². The van der Waals surface area contributed by atoms with Gasteiger partial charge in [-0.1, -0.05) is 26.0 Å². The maximum atomic E-state index is 15.0. The van der Waals surface area contributed by atoms with Crippen molar-refractivity contribution in [2.24, 2.45) is 17.8 Å². The summed E-state index contributed by atoms with van der Waals surface area (Å²) in [6.45, 7) is 9.36. The van der Waals surface area contributed by atoms with Crippen LogP contribution in [0.15, 0.2) is 54.6 Å². The summed E-state index contributed by atoms with van der Waals surface area (Å²) in [4.78, 5) is 63.2. The van der Waals surface area contributed by atoms with Gasteiger partial charge in [0.1, 0.15) is 40.9 Å². The predicted octanol–water partition coefficient (Wildman–Crippen LogP) is 6.99. The number of hydrogen-bond acceptors (Lipinski definition) is 12. The van der Waals surface area contributed by atoms with E-state index in [1.54, 1.807) is 43.3 Å². The Balaban J connectivity index is 1.28. The summed E-state index contributed by atoms with van der Waals surface area (Å²) in [6, 6.07) is 9.53. The van der Waals surface area contributed by atoms with E-state index in [0.29, 0.717) is 78.3 Å². The van der Waals surface area contributed by atoms with E-state index in [4.69, 9.17) is 23.9 Å². The number of hydrogen-bond donors (Lipinski definition) is 3. The van der Waals surface area contributed by atoms with Crippen LogP contribution in [0.5, 0.6) is 23.1 Å². The third-order valence-electron chi connectivity index (χ3n) is 13.4. The molecule has 4 aliphatic rings. The molecule has 0 bridgehead atoms. The summed E-state index contributed by atoms with van der Waals surface area (Å²) < 4.78 is 97.1. The number of carbonyl (C=O) groups is 4. The van der Waals surface area contributed by atoms with Crippen LogP contribution in [-0.4, -0.2) is 110 Å². The van der Waals surface area contributed by atoms with Crippen LogP contribution in [0, 0.1) is 17.8 Å². The van der Waals surface area contributed by atoms with Crippen LogP contribution in [0.1, 0.15) is 86.5 Å². The van der Waals surface area contributed by atoms with Gasteiger partial charge in [0.15, 0.2) is 11.9 Å². The molecule has 2 aliphatic carbocycles. The highest BCUT2D eigenvalue weighted by molar-refractivity contribution is 7.91. The molecule has 3 aromatic rings. The molecule has 2 aliphatic heterocycles. The van der Waals surface area contributed by atoms with Gasteiger partial charge in [0.25, 0.3) is 5.91 Å². The van der Waals surface area contributed by atoms with Crippen molar-refractivity contribution in [3.05, 3.63) is 54.6 Å². The first-order chi connectivity index (χ1) is 32.0. The number of allylic oxidation sites excluding steroid dienone is 1. The second-order valence-electron chi connectivity index (χ2n) is 19.1. The van der Waals surface area contributed by atoms with E-state index < -0.39 is 86.4 Å². The molecular formula is C48H60F3N5O11S. The molecular weight excluding hydrogens is 912 g/mol. The van der Waals surface area contributed by atoms with Crippen molar-refractivity contribution in [2.45, 2.75) is 133 Å². The molecule has 7 rings (SSSR count). The third-order valence-corrected chi connectivity index (χ3v) is 15.5. The maximum Gasteiger partial charge on any atom is 0.425 e. The topological polar surface area (TPSA) is 201 Å². The van der Waals surface area contributed by atoms with Crippen LogP contribution in [-0.2, 0) is 29.1 Å². The fourth-order valence-electron chi connectivity index (χ4n) is 8.96. The Morgan fingerprint density at radius 3 is 2.29 bits per heavy atom. The first-order valence-corrected chi connectivity index (χ1v) is 24.4. The summed E-state index contributed by atoms with van der Waals surface area (Å²) in [6.07, 6.45) is -4.18. The Kier molecular flexibility index (Phi) is 14.2. The highest BCUT2D eigenvalue weighted by Crippen LogP contribution is 2.48. The molecule has 0 unspecified atom stereocenters. The van der Waals surface area contributed by atoms with Gasteiger partial charge in [0.05, 0.1) is 31.6 Å². The van der Waals surface area contributed by atoms with Gasteiger partial charge in [-0.3, -0.25) is 19.1 Å². The standard InChI is InChI=1S/C48H60F3N5O11S/c1-26(2)65-32-15-13-30(14-16-32)39-40(64-8)36-22-33(63-7)17-18-35(36)42(52-39)67-34-23-37-41(57)54-47(44(59)55-68(61,62)46(6)19-20-46)24-31(47)12-10-9-11-27(3)21-28(4)38(43(58)56(37)25-34)53-45(60)66-29(5)48(49,50)51/h10,12-18,22,26-29,31,34,37-38H,9,11,19-21,23-25H2,1-8H3,(H,53,60)(H,54,57)(H,55,59)/b12-10-/t27-,28+,29+,31+,34+,37-,38-,47+/m0/s1. The normalized spacial score (nSPS) is 27.0. The smallest absolute Gasteiger partial charge is 0.425 e. The monoisotopic (exact) mass is 971 g/mol. The van der Waals surface area contributed by atoms with Crippen molar-refractivity contribution in [2.75, 3.05) is 20.8 Å². The van der Waals surface area contributed by atoms with Crippen molar-refractivity contribution < 1.29 is 64.5 Å².